The standard InChI is InChI=1S/C27H35N3O3/c1-2-29-26(32)27(19-22-8-10-23(11-9-22)24-12-14-28-15-13-24)20-30(16-17-33-27)25(31)18-21-6-4-3-5-7-21/h8-15,21H,2-7,16-20H2,1H3,(H,29,32)/t27-/m0/s1. The van der Waals surface area contributed by atoms with Gasteiger partial charge in [0.05, 0.1) is 13.2 Å². The lowest BCUT2D eigenvalue weighted by Gasteiger charge is -2.42. The first-order valence-corrected chi connectivity index (χ1v) is 12.3. The van der Waals surface area contributed by atoms with Crippen molar-refractivity contribution in [3.63, 3.8) is 0 Å². The highest BCUT2D eigenvalue weighted by atomic mass is 16.5. The minimum absolute atomic E-state index is 0.140. The predicted octanol–water partition coefficient (Wildman–Crippen LogP) is 4.00. The zero-order chi connectivity index (χ0) is 23.1. The monoisotopic (exact) mass is 449 g/mol. The lowest BCUT2D eigenvalue weighted by atomic mass is 9.86. The molecule has 176 valence electrons. The summed E-state index contributed by atoms with van der Waals surface area (Å²) in [7, 11) is 0. The fraction of sp³-hybridized carbons (Fsp3) is 0.519. The predicted molar refractivity (Wildman–Crippen MR) is 129 cm³/mol. The molecule has 2 amide bonds. The molecule has 1 saturated carbocycles. The third-order valence-corrected chi connectivity index (χ3v) is 6.93. The lowest BCUT2D eigenvalue weighted by Crippen LogP contribution is -2.62. The van der Waals surface area contributed by atoms with Crippen LogP contribution < -0.4 is 5.32 Å². The number of morpholine rings is 1. The van der Waals surface area contributed by atoms with Crippen LogP contribution in [0.3, 0.4) is 0 Å². The number of hydrogen-bond acceptors (Lipinski definition) is 4. The molecule has 1 aromatic carbocycles. The molecule has 0 radical (unpaired) electrons. The number of ether oxygens (including phenoxy) is 1. The second-order valence-corrected chi connectivity index (χ2v) is 9.34. The molecule has 1 aliphatic heterocycles. The Morgan fingerprint density at radius 1 is 1.06 bits per heavy atom. The van der Waals surface area contributed by atoms with Gasteiger partial charge in [-0.3, -0.25) is 14.6 Å². The molecule has 0 unspecified atom stereocenters. The number of carbonyl (C=O) groups excluding carboxylic acids is 2. The second-order valence-electron chi connectivity index (χ2n) is 9.34. The van der Waals surface area contributed by atoms with E-state index in [1.807, 2.05) is 36.1 Å². The first-order valence-electron chi connectivity index (χ1n) is 12.3. The van der Waals surface area contributed by atoms with E-state index in [0.29, 0.717) is 45.0 Å². The Labute approximate surface area is 196 Å². The van der Waals surface area contributed by atoms with E-state index in [9.17, 15) is 9.59 Å². The van der Waals surface area contributed by atoms with Crippen molar-refractivity contribution in [2.24, 2.45) is 5.92 Å². The fourth-order valence-corrected chi connectivity index (χ4v) is 5.10. The highest BCUT2D eigenvalue weighted by Gasteiger charge is 2.45. The summed E-state index contributed by atoms with van der Waals surface area (Å²) in [6.07, 6.45) is 10.6. The Balaban J connectivity index is 1.49. The molecule has 33 heavy (non-hydrogen) atoms. The molecule has 2 fully saturated rings. The molecule has 0 bridgehead atoms. The van der Waals surface area contributed by atoms with Crippen LogP contribution in [-0.4, -0.2) is 53.5 Å². The average molecular weight is 450 g/mol. The van der Waals surface area contributed by atoms with Crippen LogP contribution in [0.5, 0.6) is 0 Å². The first kappa shape index (κ1) is 23.4. The van der Waals surface area contributed by atoms with E-state index in [0.717, 1.165) is 29.5 Å². The normalized spacial score (nSPS) is 21.5. The van der Waals surface area contributed by atoms with E-state index in [4.69, 9.17) is 4.74 Å². The number of pyridine rings is 1. The molecular formula is C27H35N3O3. The van der Waals surface area contributed by atoms with Crippen LogP contribution in [0.15, 0.2) is 48.8 Å². The summed E-state index contributed by atoms with van der Waals surface area (Å²) in [5.74, 6) is 0.499. The third kappa shape index (κ3) is 5.80. The van der Waals surface area contributed by atoms with Crippen LogP contribution >= 0.6 is 0 Å². The van der Waals surface area contributed by atoms with Crippen LogP contribution in [0.4, 0.5) is 0 Å². The van der Waals surface area contributed by atoms with Crippen LogP contribution in [0.2, 0.25) is 0 Å². The average Bonchev–Trinajstić information content (AvgIpc) is 2.86. The second kappa shape index (κ2) is 10.9. The van der Waals surface area contributed by atoms with Crippen LogP contribution in [0.25, 0.3) is 11.1 Å². The van der Waals surface area contributed by atoms with Gasteiger partial charge in [0.15, 0.2) is 5.60 Å². The molecule has 2 aromatic rings. The zero-order valence-corrected chi connectivity index (χ0v) is 19.6. The summed E-state index contributed by atoms with van der Waals surface area (Å²) in [5, 5.41) is 2.95. The Hall–Kier alpha value is -2.73. The largest absolute Gasteiger partial charge is 0.361 e. The molecule has 2 aliphatic rings. The first-order chi connectivity index (χ1) is 16.1. The lowest BCUT2D eigenvalue weighted by molar-refractivity contribution is -0.166. The van der Waals surface area contributed by atoms with Gasteiger partial charge in [0.25, 0.3) is 5.91 Å². The van der Waals surface area contributed by atoms with E-state index < -0.39 is 5.60 Å². The van der Waals surface area contributed by atoms with Gasteiger partial charge in [-0.05, 0) is 54.5 Å². The molecule has 0 spiro atoms. The summed E-state index contributed by atoms with van der Waals surface area (Å²) in [6, 6.07) is 12.2. The van der Waals surface area contributed by atoms with Crippen LogP contribution in [0, 0.1) is 5.92 Å². The molecule has 2 heterocycles. The van der Waals surface area contributed by atoms with Crippen molar-refractivity contribution >= 4 is 11.8 Å². The summed E-state index contributed by atoms with van der Waals surface area (Å²) in [5.41, 5.74) is 2.15. The number of rotatable bonds is 7. The molecule has 1 N–H and O–H groups in total. The zero-order valence-electron chi connectivity index (χ0n) is 19.6. The molecule has 6 heteroatoms. The number of carbonyl (C=O) groups is 2. The summed E-state index contributed by atoms with van der Waals surface area (Å²) >= 11 is 0. The maximum atomic E-state index is 13.2. The van der Waals surface area contributed by atoms with Gasteiger partial charge in [-0.1, -0.05) is 43.5 Å². The van der Waals surface area contributed by atoms with Crippen molar-refractivity contribution in [3.8, 4) is 11.1 Å². The van der Waals surface area contributed by atoms with Gasteiger partial charge in [0, 0.05) is 38.3 Å². The van der Waals surface area contributed by atoms with E-state index in [1.165, 1.54) is 19.3 Å². The number of hydrogen-bond donors (Lipinski definition) is 1. The van der Waals surface area contributed by atoms with Crippen molar-refractivity contribution in [3.05, 3.63) is 54.4 Å². The SMILES string of the molecule is CCNC(=O)[C@]1(Cc2ccc(-c3ccncc3)cc2)CN(C(=O)CC2CCCCC2)CCO1. The van der Waals surface area contributed by atoms with Gasteiger partial charge in [-0.2, -0.15) is 0 Å². The van der Waals surface area contributed by atoms with Crippen molar-refractivity contribution in [1.29, 1.82) is 0 Å². The minimum Gasteiger partial charge on any atom is -0.361 e. The van der Waals surface area contributed by atoms with Crippen LogP contribution in [0.1, 0.15) is 51.0 Å². The van der Waals surface area contributed by atoms with Gasteiger partial charge < -0.3 is 15.0 Å². The minimum atomic E-state index is -1.06. The van der Waals surface area contributed by atoms with Crippen molar-refractivity contribution in [2.45, 2.75) is 57.5 Å². The van der Waals surface area contributed by atoms with E-state index >= 15 is 0 Å². The number of nitrogens with zero attached hydrogens (tertiary/aromatic N) is 2. The molecule has 1 saturated heterocycles. The molecule has 1 aliphatic carbocycles. The Kier molecular flexibility index (Phi) is 7.76. The molecule has 6 nitrogen and oxygen atoms in total. The summed E-state index contributed by atoms with van der Waals surface area (Å²) in [4.78, 5) is 32.2. The van der Waals surface area contributed by atoms with E-state index in [2.05, 4.69) is 22.4 Å². The van der Waals surface area contributed by atoms with Gasteiger partial charge in [0.1, 0.15) is 0 Å². The highest BCUT2D eigenvalue weighted by molar-refractivity contribution is 5.87. The number of aromatic nitrogens is 1. The Morgan fingerprint density at radius 3 is 2.45 bits per heavy atom. The Bertz CT molecular complexity index is 925. The van der Waals surface area contributed by atoms with E-state index in [1.54, 1.807) is 12.4 Å². The van der Waals surface area contributed by atoms with Gasteiger partial charge >= 0.3 is 0 Å². The number of benzene rings is 1. The quantitative estimate of drug-likeness (QED) is 0.694. The van der Waals surface area contributed by atoms with Crippen molar-refractivity contribution in [2.75, 3.05) is 26.2 Å². The van der Waals surface area contributed by atoms with Gasteiger partial charge in [-0.25, -0.2) is 0 Å². The number of nitrogens with one attached hydrogen (secondary N) is 1. The maximum absolute atomic E-state index is 13.2. The summed E-state index contributed by atoms with van der Waals surface area (Å²) in [6.45, 7) is 3.66. The van der Waals surface area contributed by atoms with E-state index in [-0.39, 0.29) is 11.8 Å². The molecule has 4 rings (SSSR count). The van der Waals surface area contributed by atoms with Crippen LogP contribution in [-0.2, 0) is 20.7 Å². The molecule has 1 atom stereocenters. The Morgan fingerprint density at radius 2 is 1.76 bits per heavy atom. The molecule has 1 aromatic heterocycles. The van der Waals surface area contributed by atoms with Crippen molar-refractivity contribution < 1.29 is 14.3 Å². The van der Waals surface area contributed by atoms with Gasteiger partial charge in [0.2, 0.25) is 5.91 Å². The smallest absolute Gasteiger partial charge is 0.254 e. The molecular weight excluding hydrogens is 414 g/mol. The summed E-state index contributed by atoms with van der Waals surface area (Å²) < 4.78 is 6.15. The topological polar surface area (TPSA) is 71.5 Å². The number of likely N-dealkylation sites (N-methyl/N-ethyl adjacent to an activating group) is 1. The maximum Gasteiger partial charge on any atom is 0.254 e. The third-order valence-electron chi connectivity index (χ3n) is 6.93. The van der Waals surface area contributed by atoms with Gasteiger partial charge in [-0.15, -0.1) is 0 Å². The highest BCUT2D eigenvalue weighted by Crippen LogP contribution is 2.30. The van der Waals surface area contributed by atoms with Crippen molar-refractivity contribution in [1.82, 2.24) is 15.2 Å². The number of amides is 2. The fourth-order valence-electron chi connectivity index (χ4n) is 5.10.